The van der Waals surface area contributed by atoms with Crippen molar-refractivity contribution in [2.45, 2.75) is 0 Å². The molecular weight excluding hydrogens is 607 g/mol. The van der Waals surface area contributed by atoms with Crippen molar-refractivity contribution in [1.29, 1.82) is 0 Å². The molecule has 0 unspecified atom stereocenters. The summed E-state index contributed by atoms with van der Waals surface area (Å²) in [4.78, 5) is 2.34. The van der Waals surface area contributed by atoms with Crippen LogP contribution in [0, 0.1) is 0 Å². The highest BCUT2D eigenvalue weighted by molar-refractivity contribution is 6.23. The van der Waals surface area contributed by atoms with E-state index in [1.165, 1.54) is 54.6 Å². The molecule has 10 aromatic rings. The number of anilines is 3. The van der Waals surface area contributed by atoms with Crippen molar-refractivity contribution in [2.75, 3.05) is 4.90 Å². The van der Waals surface area contributed by atoms with Gasteiger partial charge in [-0.25, -0.2) is 0 Å². The standard InChI is InChI=1S/C48H31NO/c1-3-11-32(12-4-1)34-13-9-17-40(28-34)49(39-15-5-2-6-16-39)41-18-10-14-35(29-41)36-25-26-42-37(27-36)23-21-33-22-24-38-30-45-43-19-7-8-20-46(43)50-47(45)31-44(38)48(33)42/h1-31H. The SMILES string of the molecule is c1ccc(-c2cccc(N(c3ccccc3)c3cccc(-c4ccc5c(ccc6ccc7cc8c(cc7c65)oc5ccccc58)c4)c3)c2)cc1. The van der Waals surface area contributed by atoms with Crippen LogP contribution in [0.4, 0.5) is 17.1 Å². The summed E-state index contributed by atoms with van der Waals surface area (Å²) in [5.74, 6) is 0. The lowest BCUT2D eigenvalue weighted by Crippen LogP contribution is -2.10. The van der Waals surface area contributed by atoms with Gasteiger partial charge in [0.2, 0.25) is 0 Å². The van der Waals surface area contributed by atoms with Crippen LogP contribution in [0.5, 0.6) is 0 Å². The van der Waals surface area contributed by atoms with Crippen LogP contribution in [0.1, 0.15) is 0 Å². The van der Waals surface area contributed by atoms with E-state index in [1.807, 2.05) is 12.1 Å². The molecular formula is C48H31NO. The van der Waals surface area contributed by atoms with E-state index in [2.05, 4.69) is 181 Å². The number of nitrogens with zero attached hydrogens (tertiary/aromatic N) is 1. The molecule has 0 atom stereocenters. The second kappa shape index (κ2) is 11.5. The summed E-state index contributed by atoms with van der Waals surface area (Å²) in [6.45, 7) is 0. The Bertz CT molecular complexity index is 2870. The number of fused-ring (bicyclic) bond motifs is 8. The first-order valence-corrected chi connectivity index (χ1v) is 17.1. The van der Waals surface area contributed by atoms with Crippen LogP contribution < -0.4 is 4.90 Å². The van der Waals surface area contributed by atoms with Crippen molar-refractivity contribution in [2.24, 2.45) is 0 Å². The van der Waals surface area contributed by atoms with Gasteiger partial charge in [-0.1, -0.05) is 127 Å². The molecule has 0 saturated heterocycles. The van der Waals surface area contributed by atoms with Gasteiger partial charge in [0.1, 0.15) is 11.2 Å². The first-order valence-electron chi connectivity index (χ1n) is 17.1. The van der Waals surface area contributed by atoms with Crippen molar-refractivity contribution in [3.05, 3.63) is 188 Å². The van der Waals surface area contributed by atoms with Crippen molar-refractivity contribution >= 4 is 71.3 Å². The van der Waals surface area contributed by atoms with Gasteiger partial charge in [-0.3, -0.25) is 0 Å². The van der Waals surface area contributed by atoms with Gasteiger partial charge in [0.05, 0.1) is 0 Å². The third-order valence-corrected chi connectivity index (χ3v) is 9.98. The van der Waals surface area contributed by atoms with Crippen molar-refractivity contribution in [1.82, 2.24) is 0 Å². The van der Waals surface area contributed by atoms with Gasteiger partial charge in [0.15, 0.2) is 0 Å². The molecule has 0 amide bonds. The molecule has 0 N–H and O–H groups in total. The Hall–Kier alpha value is -6.64. The highest BCUT2D eigenvalue weighted by Crippen LogP contribution is 2.41. The smallest absolute Gasteiger partial charge is 0.136 e. The fourth-order valence-electron chi connectivity index (χ4n) is 7.59. The van der Waals surface area contributed by atoms with Gasteiger partial charge in [-0.2, -0.15) is 0 Å². The Morgan fingerprint density at radius 3 is 1.64 bits per heavy atom. The van der Waals surface area contributed by atoms with E-state index < -0.39 is 0 Å². The summed E-state index contributed by atoms with van der Waals surface area (Å²) in [6.07, 6.45) is 0. The van der Waals surface area contributed by atoms with Gasteiger partial charge < -0.3 is 9.32 Å². The quantitative estimate of drug-likeness (QED) is 0.175. The van der Waals surface area contributed by atoms with Gasteiger partial charge in [-0.05, 0) is 115 Å². The fraction of sp³-hybridized carbons (Fsp3) is 0. The Balaban J connectivity index is 1.10. The first kappa shape index (κ1) is 28.4. The normalized spacial score (nSPS) is 11.6. The van der Waals surface area contributed by atoms with Gasteiger partial charge in [0.25, 0.3) is 0 Å². The Morgan fingerprint density at radius 1 is 0.300 bits per heavy atom. The van der Waals surface area contributed by atoms with Gasteiger partial charge in [0, 0.05) is 27.8 Å². The molecule has 50 heavy (non-hydrogen) atoms. The number of benzene rings is 9. The van der Waals surface area contributed by atoms with Crippen molar-refractivity contribution < 1.29 is 4.42 Å². The molecule has 1 heterocycles. The summed E-state index contributed by atoms with van der Waals surface area (Å²) in [7, 11) is 0. The van der Waals surface area contributed by atoms with Crippen LogP contribution in [0.15, 0.2) is 192 Å². The molecule has 10 rings (SSSR count). The fourth-order valence-corrected chi connectivity index (χ4v) is 7.59. The predicted molar refractivity (Wildman–Crippen MR) is 212 cm³/mol. The molecule has 2 nitrogen and oxygen atoms in total. The lowest BCUT2D eigenvalue weighted by Gasteiger charge is -2.26. The zero-order valence-corrected chi connectivity index (χ0v) is 27.3. The molecule has 0 fully saturated rings. The molecule has 0 aliphatic carbocycles. The molecule has 0 aliphatic heterocycles. The second-order valence-corrected chi connectivity index (χ2v) is 13.0. The first-order chi connectivity index (χ1) is 24.8. The maximum absolute atomic E-state index is 6.32. The molecule has 0 radical (unpaired) electrons. The van der Waals surface area contributed by atoms with Crippen LogP contribution >= 0.6 is 0 Å². The minimum atomic E-state index is 0.925. The summed E-state index contributed by atoms with van der Waals surface area (Å²) in [6, 6.07) is 67.5. The molecule has 234 valence electrons. The number of furan rings is 1. The third kappa shape index (κ3) is 4.73. The Morgan fingerprint density at radius 2 is 0.880 bits per heavy atom. The van der Waals surface area contributed by atoms with E-state index in [-0.39, 0.29) is 0 Å². The summed E-state index contributed by atoms with van der Waals surface area (Å²) in [5.41, 5.74) is 9.94. The van der Waals surface area contributed by atoms with Crippen molar-refractivity contribution in [3.63, 3.8) is 0 Å². The maximum Gasteiger partial charge on any atom is 0.136 e. The largest absolute Gasteiger partial charge is 0.456 e. The molecule has 9 aromatic carbocycles. The molecule has 0 aliphatic rings. The average Bonchev–Trinajstić information content (AvgIpc) is 3.55. The summed E-state index contributed by atoms with van der Waals surface area (Å²) in [5, 5.41) is 9.70. The van der Waals surface area contributed by atoms with Crippen LogP contribution in [0.25, 0.3) is 76.5 Å². The highest BCUT2D eigenvalue weighted by Gasteiger charge is 2.16. The molecule has 0 saturated carbocycles. The molecule has 0 spiro atoms. The summed E-state index contributed by atoms with van der Waals surface area (Å²) < 4.78 is 6.32. The minimum Gasteiger partial charge on any atom is -0.456 e. The highest BCUT2D eigenvalue weighted by atomic mass is 16.3. The van der Waals surface area contributed by atoms with Crippen LogP contribution in [-0.4, -0.2) is 0 Å². The second-order valence-electron chi connectivity index (χ2n) is 13.0. The van der Waals surface area contributed by atoms with E-state index in [0.717, 1.165) is 39.0 Å². The zero-order valence-electron chi connectivity index (χ0n) is 27.3. The van der Waals surface area contributed by atoms with Gasteiger partial charge in [-0.15, -0.1) is 0 Å². The predicted octanol–water partition coefficient (Wildman–Crippen LogP) is 13.8. The minimum absolute atomic E-state index is 0.925. The zero-order chi connectivity index (χ0) is 33.0. The van der Waals surface area contributed by atoms with Gasteiger partial charge >= 0.3 is 0 Å². The number of rotatable bonds is 5. The van der Waals surface area contributed by atoms with E-state index in [4.69, 9.17) is 4.42 Å². The Kier molecular flexibility index (Phi) is 6.53. The molecule has 0 bridgehead atoms. The van der Waals surface area contributed by atoms with Crippen LogP contribution in [0.2, 0.25) is 0 Å². The maximum atomic E-state index is 6.32. The monoisotopic (exact) mass is 637 g/mol. The molecule has 1 aromatic heterocycles. The van der Waals surface area contributed by atoms with Crippen LogP contribution in [-0.2, 0) is 0 Å². The number of hydrogen-bond donors (Lipinski definition) is 0. The van der Waals surface area contributed by atoms with Crippen molar-refractivity contribution in [3.8, 4) is 22.3 Å². The number of hydrogen-bond acceptors (Lipinski definition) is 2. The lowest BCUT2D eigenvalue weighted by molar-refractivity contribution is 0.669. The average molecular weight is 638 g/mol. The lowest BCUT2D eigenvalue weighted by atomic mass is 9.93. The third-order valence-electron chi connectivity index (χ3n) is 9.98. The van der Waals surface area contributed by atoms with E-state index in [1.54, 1.807) is 0 Å². The van der Waals surface area contributed by atoms with E-state index in [0.29, 0.717) is 0 Å². The molecule has 2 heteroatoms. The topological polar surface area (TPSA) is 16.4 Å². The Labute approximate surface area is 290 Å². The van der Waals surface area contributed by atoms with E-state index >= 15 is 0 Å². The van der Waals surface area contributed by atoms with E-state index in [9.17, 15) is 0 Å². The van der Waals surface area contributed by atoms with Crippen LogP contribution in [0.3, 0.4) is 0 Å². The summed E-state index contributed by atoms with van der Waals surface area (Å²) >= 11 is 0. The number of para-hydroxylation sites is 2.